The number of aromatic nitrogens is 1. The maximum atomic E-state index is 5.95. The largest absolute Gasteiger partial charge is 0.474 e. The Balaban J connectivity index is 1.98. The Morgan fingerprint density at radius 3 is 2.71 bits per heavy atom. The maximum absolute atomic E-state index is 5.95. The highest BCUT2D eigenvalue weighted by Gasteiger charge is 2.23. The van der Waals surface area contributed by atoms with Gasteiger partial charge in [0, 0.05) is 18.3 Å². The zero-order valence-electron chi connectivity index (χ0n) is 10.7. The highest BCUT2D eigenvalue weighted by molar-refractivity contribution is 5.20. The van der Waals surface area contributed by atoms with Crippen LogP contribution in [0.3, 0.4) is 0 Å². The number of nitrogens with zero attached hydrogens (tertiary/aromatic N) is 1. The van der Waals surface area contributed by atoms with E-state index in [9.17, 15) is 0 Å². The molecular weight excluding hydrogens is 212 g/mol. The third-order valence-electron chi connectivity index (χ3n) is 3.59. The van der Waals surface area contributed by atoms with E-state index in [1.807, 2.05) is 25.3 Å². The molecule has 0 bridgehead atoms. The second-order valence-corrected chi connectivity index (χ2v) is 5.14. The summed E-state index contributed by atoms with van der Waals surface area (Å²) in [6.07, 6.45) is 7.16. The van der Waals surface area contributed by atoms with Crippen molar-refractivity contribution in [3.8, 4) is 5.88 Å². The molecule has 1 heterocycles. The van der Waals surface area contributed by atoms with Gasteiger partial charge in [0.2, 0.25) is 5.88 Å². The van der Waals surface area contributed by atoms with Gasteiger partial charge in [0.1, 0.15) is 6.10 Å². The normalized spacial score (nSPS) is 26.5. The number of hydrogen-bond donors (Lipinski definition) is 1. The average molecular weight is 234 g/mol. The molecule has 1 aliphatic carbocycles. The predicted octanol–water partition coefficient (Wildman–Crippen LogP) is 3.06. The number of rotatable bonds is 3. The quantitative estimate of drug-likeness (QED) is 0.874. The molecule has 2 N–H and O–H groups in total. The standard InChI is InChI=1S/C14H22N2O/c1-10-5-3-4-6-13(10)17-14-8-7-12(9-16-14)11(2)15/h7-11,13H,3-6,15H2,1-2H3/t10?,11-,13?/m1/s1. The van der Waals surface area contributed by atoms with Gasteiger partial charge in [-0.1, -0.05) is 19.4 Å². The van der Waals surface area contributed by atoms with Gasteiger partial charge >= 0.3 is 0 Å². The smallest absolute Gasteiger partial charge is 0.213 e. The summed E-state index contributed by atoms with van der Waals surface area (Å²) in [7, 11) is 0. The predicted molar refractivity (Wildman–Crippen MR) is 68.9 cm³/mol. The Morgan fingerprint density at radius 1 is 1.35 bits per heavy atom. The monoisotopic (exact) mass is 234 g/mol. The zero-order chi connectivity index (χ0) is 12.3. The fourth-order valence-corrected chi connectivity index (χ4v) is 2.34. The number of nitrogens with two attached hydrogens (primary N) is 1. The summed E-state index contributed by atoms with van der Waals surface area (Å²) in [5, 5.41) is 0. The number of pyridine rings is 1. The van der Waals surface area contributed by atoms with E-state index < -0.39 is 0 Å². The molecule has 0 radical (unpaired) electrons. The fourth-order valence-electron chi connectivity index (χ4n) is 2.34. The first-order valence-electron chi connectivity index (χ1n) is 6.55. The van der Waals surface area contributed by atoms with E-state index in [0.29, 0.717) is 12.0 Å². The van der Waals surface area contributed by atoms with Crippen molar-refractivity contribution in [2.24, 2.45) is 11.7 Å². The third-order valence-corrected chi connectivity index (χ3v) is 3.59. The summed E-state index contributed by atoms with van der Waals surface area (Å²) < 4.78 is 5.95. The topological polar surface area (TPSA) is 48.1 Å². The van der Waals surface area contributed by atoms with Crippen LogP contribution in [0, 0.1) is 5.92 Å². The van der Waals surface area contributed by atoms with Crippen molar-refractivity contribution in [3.05, 3.63) is 23.9 Å². The molecule has 3 heteroatoms. The van der Waals surface area contributed by atoms with Crippen molar-refractivity contribution >= 4 is 0 Å². The van der Waals surface area contributed by atoms with E-state index in [2.05, 4.69) is 11.9 Å². The van der Waals surface area contributed by atoms with Crippen molar-refractivity contribution < 1.29 is 4.74 Å². The van der Waals surface area contributed by atoms with E-state index >= 15 is 0 Å². The fraction of sp³-hybridized carbons (Fsp3) is 0.643. The summed E-state index contributed by atoms with van der Waals surface area (Å²) >= 11 is 0. The van der Waals surface area contributed by atoms with Crippen LogP contribution in [0.4, 0.5) is 0 Å². The molecule has 2 unspecified atom stereocenters. The van der Waals surface area contributed by atoms with Gasteiger partial charge in [-0.15, -0.1) is 0 Å². The van der Waals surface area contributed by atoms with Crippen LogP contribution in [0.5, 0.6) is 5.88 Å². The molecule has 1 aromatic heterocycles. The Bertz CT molecular complexity index is 348. The highest BCUT2D eigenvalue weighted by Crippen LogP contribution is 2.27. The first-order chi connectivity index (χ1) is 8.16. The van der Waals surface area contributed by atoms with Crippen molar-refractivity contribution in [2.75, 3.05) is 0 Å². The van der Waals surface area contributed by atoms with Gasteiger partial charge in [-0.25, -0.2) is 4.98 Å². The second kappa shape index (κ2) is 5.50. The van der Waals surface area contributed by atoms with Crippen molar-refractivity contribution in [3.63, 3.8) is 0 Å². The molecule has 0 aromatic carbocycles. The Hall–Kier alpha value is -1.09. The molecule has 1 aromatic rings. The van der Waals surface area contributed by atoms with Gasteiger partial charge in [-0.3, -0.25) is 0 Å². The lowest BCUT2D eigenvalue weighted by molar-refractivity contribution is 0.0975. The minimum Gasteiger partial charge on any atom is -0.474 e. The van der Waals surface area contributed by atoms with E-state index in [1.165, 1.54) is 19.3 Å². The second-order valence-electron chi connectivity index (χ2n) is 5.14. The summed E-state index contributed by atoms with van der Waals surface area (Å²) in [6, 6.07) is 3.96. The first kappa shape index (κ1) is 12.4. The van der Waals surface area contributed by atoms with E-state index in [-0.39, 0.29) is 6.04 Å². The number of hydrogen-bond acceptors (Lipinski definition) is 3. The molecule has 3 atom stereocenters. The van der Waals surface area contributed by atoms with Gasteiger partial charge in [-0.2, -0.15) is 0 Å². The van der Waals surface area contributed by atoms with Crippen LogP contribution in [-0.2, 0) is 0 Å². The summed E-state index contributed by atoms with van der Waals surface area (Å²) in [6.45, 7) is 4.22. The molecule has 3 nitrogen and oxygen atoms in total. The molecule has 1 aliphatic rings. The average Bonchev–Trinajstić information content (AvgIpc) is 2.33. The molecular formula is C14H22N2O. The summed E-state index contributed by atoms with van der Waals surface area (Å²) in [5.74, 6) is 1.37. The molecule has 0 saturated heterocycles. The Labute approximate surface area is 103 Å². The lowest BCUT2D eigenvalue weighted by atomic mass is 9.88. The van der Waals surface area contributed by atoms with Gasteiger partial charge < -0.3 is 10.5 Å². The van der Waals surface area contributed by atoms with Gasteiger partial charge in [-0.05, 0) is 37.7 Å². The highest BCUT2D eigenvalue weighted by atomic mass is 16.5. The van der Waals surface area contributed by atoms with Crippen molar-refractivity contribution in [1.82, 2.24) is 4.98 Å². The molecule has 17 heavy (non-hydrogen) atoms. The zero-order valence-corrected chi connectivity index (χ0v) is 10.7. The van der Waals surface area contributed by atoms with Crippen LogP contribution < -0.4 is 10.5 Å². The summed E-state index contributed by atoms with van der Waals surface area (Å²) in [4.78, 5) is 4.33. The molecule has 1 saturated carbocycles. The number of ether oxygens (including phenoxy) is 1. The Kier molecular flexibility index (Phi) is 4.00. The SMILES string of the molecule is CC1CCCCC1Oc1ccc([C@@H](C)N)cn1. The summed E-state index contributed by atoms with van der Waals surface area (Å²) in [5.41, 5.74) is 6.84. The van der Waals surface area contributed by atoms with Gasteiger partial charge in [0.25, 0.3) is 0 Å². The van der Waals surface area contributed by atoms with E-state index in [1.54, 1.807) is 0 Å². The van der Waals surface area contributed by atoms with Crippen molar-refractivity contribution in [1.29, 1.82) is 0 Å². The molecule has 94 valence electrons. The minimum absolute atomic E-state index is 0.0326. The molecule has 0 spiro atoms. The van der Waals surface area contributed by atoms with E-state index in [4.69, 9.17) is 10.5 Å². The van der Waals surface area contributed by atoms with Crippen LogP contribution >= 0.6 is 0 Å². The maximum Gasteiger partial charge on any atom is 0.213 e. The lowest BCUT2D eigenvalue weighted by Crippen LogP contribution is -2.28. The van der Waals surface area contributed by atoms with Crippen LogP contribution in [0.15, 0.2) is 18.3 Å². The molecule has 2 rings (SSSR count). The van der Waals surface area contributed by atoms with Crippen molar-refractivity contribution in [2.45, 2.75) is 51.7 Å². The lowest BCUT2D eigenvalue weighted by Gasteiger charge is -2.28. The van der Waals surface area contributed by atoms with Crippen LogP contribution in [0.1, 0.15) is 51.1 Å². The minimum atomic E-state index is 0.0326. The van der Waals surface area contributed by atoms with Crippen LogP contribution in [0.25, 0.3) is 0 Å². The third kappa shape index (κ3) is 3.19. The molecule has 0 aliphatic heterocycles. The molecule has 0 amide bonds. The van der Waals surface area contributed by atoms with Crippen LogP contribution in [0.2, 0.25) is 0 Å². The molecule has 1 fully saturated rings. The van der Waals surface area contributed by atoms with Gasteiger partial charge in [0.05, 0.1) is 0 Å². The van der Waals surface area contributed by atoms with E-state index in [0.717, 1.165) is 17.9 Å². The Morgan fingerprint density at radius 2 is 2.12 bits per heavy atom. The van der Waals surface area contributed by atoms with Gasteiger partial charge in [0.15, 0.2) is 0 Å². The van der Waals surface area contributed by atoms with Crippen LogP contribution in [-0.4, -0.2) is 11.1 Å². The first-order valence-corrected chi connectivity index (χ1v) is 6.55.